The van der Waals surface area contributed by atoms with Crippen molar-refractivity contribution >= 4 is 35.8 Å². The molecule has 7 heteroatoms. The highest BCUT2D eigenvalue weighted by atomic mass is 35.5. The Balaban J connectivity index is 0.000000494. The number of esters is 1. The Kier molecular flexibility index (Phi) is 18.0. The number of carbonyl (C=O) groups is 2. The highest BCUT2D eigenvalue weighted by molar-refractivity contribution is 7.97. The Labute approximate surface area is 275 Å². The molecule has 0 bridgehead atoms. The molecule has 1 aliphatic rings. The van der Waals surface area contributed by atoms with Crippen LogP contribution in [0.25, 0.3) is 0 Å². The van der Waals surface area contributed by atoms with Crippen LogP contribution in [0.5, 0.6) is 0 Å². The summed E-state index contributed by atoms with van der Waals surface area (Å²) < 4.78 is 6.59. The number of benzene rings is 3. The normalized spacial score (nSPS) is 16.5. The van der Waals surface area contributed by atoms with Crippen LogP contribution in [0.1, 0.15) is 70.7 Å². The molecule has 0 fully saturated rings. The van der Waals surface area contributed by atoms with Crippen LogP contribution in [-0.4, -0.2) is 36.3 Å². The van der Waals surface area contributed by atoms with E-state index in [1.54, 1.807) is 11.9 Å². The van der Waals surface area contributed by atoms with E-state index >= 15 is 0 Å². The number of nitrogens with two attached hydrogens (primary N) is 1. The Hall–Kier alpha value is -2.90. The van der Waals surface area contributed by atoms with Gasteiger partial charge in [0.05, 0.1) is 19.7 Å². The molecule has 0 amide bonds. The minimum Gasteiger partial charge on any atom is -0.468 e. The lowest BCUT2D eigenvalue weighted by Gasteiger charge is -2.38. The Morgan fingerprint density at radius 1 is 1.00 bits per heavy atom. The van der Waals surface area contributed by atoms with E-state index in [1.807, 2.05) is 37.3 Å². The van der Waals surface area contributed by atoms with Gasteiger partial charge in [-0.3, -0.25) is 4.79 Å². The lowest BCUT2D eigenvalue weighted by atomic mass is 9.86. The fourth-order valence-electron chi connectivity index (χ4n) is 4.25. The van der Waals surface area contributed by atoms with E-state index in [1.165, 1.54) is 35.1 Å². The Morgan fingerprint density at radius 2 is 1.55 bits per heavy atom. The number of carbonyl (C=O) groups excluding carboxylic acids is 2. The average Bonchev–Trinajstić information content (AvgIpc) is 3.39. The summed E-state index contributed by atoms with van der Waals surface area (Å²) in [6.07, 6.45) is 4.61. The van der Waals surface area contributed by atoms with Crippen molar-refractivity contribution in [2.45, 2.75) is 78.8 Å². The molecule has 44 heavy (non-hydrogen) atoms. The first-order valence-electron chi connectivity index (χ1n) is 15.1. The lowest BCUT2D eigenvalue weighted by molar-refractivity contribution is -0.138. The molecule has 0 saturated carbocycles. The molecular formula is C37H51ClN2O3S. The van der Waals surface area contributed by atoms with Gasteiger partial charge in [-0.2, -0.15) is 0 Å². The van der Waals surface area contributed by atoms with Crippen molar-refractivity contribution < 1.29 is 14.3 Å². The van der Waals surface area contributed by atoms with Gasteiger partial charge in [0.1, 0.15) is 6.29 Å². The van der Waals surface area contributed by atoms with Gasteiger partial charge >= 0.3 is 5.97 Å². The van der Waals surface area contributed by atoms with Gasteiger partial charge in [0.2, 0.25) is 0 Å². The van der Waals surface area contributed by atoms with Crippen molar-refractivity contribution in [1.82, 2.24) is 4.31 Å². The second-order valence-electron chi connectivity index (χ2n) is 11.7. The number of aldehydes is 1. The number of methoxy groups -OCH3 is 1. The smallest absolute Gasteiger partial charge is 0.319 e. The van der Waals surface area contributed by atoms with Crippen molar-refractivity contribution in [1.29, 1.82) is 0 Å². The Bertz CT molecular complexity index is 1280. The highest BCUT2D eigenvalue weighted by Crippen LogP contribution is 2.50. The van der Waals surface area contributed by atoms with Gasteiger partial charge in [-0.05, 0) is 66.1 Å². The highest BCUT2D eigenvalue weighted by Gasteiger charge is 2.43. The van der Waals surface area contributed by atoms with Gasteiger partial charge in [0, 0.05) is 21.9 Å². The minimum atomic E-state index is -0.380. The van der Waals surface area contributed by atoms with Crippen LogP contribution in [0, 0.1) is 25.2 Å². The third kappa shape index (κ3) is 13.0. The summed E-state index contributed by atoms with van der Waals surface area (Å²) in [4.78, 5) is 22.8. The fourth-order valence-corrected chi connectivity index (χ4v) is 5.79. The largest absolute Gasteiger partial charge is 0.468 e. The zero-order chi connectivity index (χ0) is 33.3. The number of hydrogen-bond acceptors (Lipinski definition) is 6. The zero-order valence-corrected chi connectivity index (χ0v) is 29.4. The van der Waals surface area contributed by atoms with E-state index in [9.17, 15) is 9.59 Å². The maximum absolute atomic E-state index is 11.7. The molecule has 2 unspecified atom stereocenters. The van der Waals surface area contributed by atoms with E-state index in [4.69, 9.17) is 17.3 Å². The van der Waals surface area contributed by atoms with E-state index in [0.29, 0.717) is 0 Å². The summed E-state index contributed by atoms with van der Waals surface area (Å²) in [5.41, 5.74) is 9.75. The van der Waals surface area contributed by atoms with Crippen LogP contribution in [0.2, 0.25) is 5.02 Å². The van der Waals surface area contributed by atoms with E-state index in [-0.39, 0.29) is 35.9 Å². The first-order chi connectivity index (χ1) is 20.8. The maximum Gasteiger partial charge on any atom is 0.319 e. The summed E-state index contributed by atoms with van der Waals surface area (Å²) >= 11 is 7.93. The summed E-state index contributed by atoms with van der Waals surface area (Å²) in [6.45, 7) is 17.2. The average molecular weight is 639 g/mol. The summed E-state index contributed by atoms with van der Waals surface area (Å²) in [6, 6.07) is 27.0. The van der Waals surface area contributed by atoms with E-state index in [2.05, 4.69) is 112 Å². The van der Waals surface area contributed by atoms with Gasteiger partial charge in [-0.25, -0.2) is 4.31 Å². The van der Waals surface area contributed by atoms with E-state index < -0.39 is 0 Å². The minimum absolute atomic E-state index is 0.0312. The standard InChI is InChI=1S/C24H28ClNOS.C7H8.C3H7NO2.C3H8/c1-16-8-6-7-9-21(16)28-26-22(24(3,4)5)14-20(17(2)15-27)23(26)18-10-12-19(25)13-11-18;1-7-5-3-2-4-6-7;1-6-3(5)2-4;1-3-2/h6-15,17,22-23H,1-5H3;2-6H,1H3;2,4H2,1H3;3H2,1-2H3/t17-,22?,23?;;;/m1.../s1. The molecule has 5 nitrogen and oxygen atoms in total. The molecule has 240 valence electrons. The third-order valence-corrected chi connectivity index (χ3v) is 8.19. The fraction of sp³-hybridized carbons (Fsp3) is 0.405. The summed E-state index contributed by atoms with van der Waals surface area (Å²) in [5, 5.41) is 0.723. The topological polar surface area (TPSA) is 72.6 Å². The van der Waals surface area contributed by atoms with Crippen molar-refractivity contribution in [3.63, 3.8) is 0 Å². The number of aryl methyl sites for hydroxylation is 2. The molecule has 2 N–H and O–H groups in total. The monoisotopic (exact) mass is 638 g/mol. The number of hydrogen-bond donors (Lipinski definition) is 1. The SMILES string of the molecule is CCC.COC(=O)CN.Cc1ccccc1.Cc1ccccc1SN1C(c2ccc(Cl)cc2)C([C@H](C)C=O)=CC1C(C)(C)C. The second-order valence-corrected chi connectivity index (χ2v) is 13.2. The molecule has 0 aromatic heterocycles. The lowest BCUT2D eigenvalue weighted by Crippen LogP contribution is -2.37. The van der Waals surface area contributed by atoms with Gasteiger partial charge in [-0.1, -0.05) is 132 Å². The van der Waals surface area contributed by atoms with Gasteiger partial charge < -0.3 is 15.3 Å². The van der Waals surface area contributed by atoms with E-state index in [0.717, 1.165) is 16.9 Å². The van der Waals surface area contributed by atoms with Crippen molar-refractivity contribution in [2.24, 2.45) is 17.1 Å². The number of halogens is 1. The Morgan fingerprint density at radius 3 is 1.95 bits per heavy atom. The molecule has 4 rings (SSSR count). The molecule has 3 aromatic rings. The molecule has 0 saturated heterocycles. The van der Waals surface area contributed by atoms with Gasteiger partial charge in [-0.15, -0.1) is 0 Å². The maximum atomic E-state index is 11.7. The van der Waals surface area contributed by atoms with Gasteiger partial charge in [0.15, 0.2) is 0 Å². The van der Waals surface area contributed by atoms with Crippen LogP contribution in [-0.2, 0) is 14.3 Å². The summed E-state index contributed by atoms with van der Waals surface area (Å²) in [7, 11) is 1.30. The quantitative estimate of drug-likeness (QED) is 0.125. The van der Waals surface area contributed by atoms with Crippen LogP contribution in [0.15, 0.2) is 95.4 Å². The van der Waals surface area contributed by atoms with Crippen molar-refractivity contribution in [3.8, 4) is 0 Å². The predicted octanol–water partition coefficient (Wildman–Crippen LogP) is 9.42. The number of nitrogens with zero attached hydrogens (tertiary/aromatic N) is 1. The second kappa shape index (κ2) is 20.2. The molecule has 3 aromatic carbocycles. The zero-order valence-electron chi connectivity index (χ0n) is 27.8. The van der Waals surface area contributed by atoms with Crippen molar-refractivity contribution in [3.05, 3.63) is 112 Å². The molecule has 0 aliphatic carbocycles. The molecule has 0 radical (unpaired) electrons. The first-order valence-corrected chi connectivity index (χ1v) is 16.2. The van der Waals surface area contributed by atoms with Crippen molar-refractivity contribution in [2.75, 3.05) is 13.7 Å². The molecule has 1 heterocycles. The van der Waals surface area contributed by atoms with Crippen LogP contribution < -0.4 is 5.73 Å². The van der Waals surface area contributed by atoms with Gasteiger partial charge in [0.25, 0.3) is 0 Å². The summed E-state index contributed by atoms with van der Waals surface area (Å²) in [5.74, 6) is -0.511. The molecule has 1 aliphatic heterocycles. The van der Waals surface area contributed by atoms with Crippen LogP contribution in [0.4, 0.5) is 0 Å². The number of rotatable bonds is 6. The predicted molar refractivity (Wildman–Crippen MR) is 188 cm³/mol. The van der Waals surface area contributed by atoms with Crippen LogP contribution in [0.3, 0.4) is 0 Å². The van der Waals surface area contributed by atoms with Crippen LogP contribution >= 0.6 is 23.5 Å². The molecule has 0 spiro atoms. The first kappa shape index (κ1) is 39.1. The molecular weight excluding hydrogens is 588 g/mol. The molecule has 3 atom stereocenters. The number of ether oxygens (including phenoxy) is 1. The third-order valence-electron chi connectivity index (χ3n) is 6.63.